The summed E-state index contributed by atoms with van der Waals surface area (Å²) < 4.78 is 53.4. The van der Waals surface area contributed by atoms with E-state index >= 15 is 0 Å². The third-order valence-corrected chi connectivity index (χ3v) is 2.33. The van der Waals surface area contributed by atoms with Crippen molar-refractivity contribution >= 4 is 5.84 Å². The van der Waals surface area contributed by atoms with Gasteiger partial charge in [0.25, 0.3) is 0 Å². The SMILES string of the molecule is CC1CN=C(c2cc(OC(F)(F)F)ccc2F)N1. The maximum atomic E-state index is 13.5. The van der Waals surface area contributed by atoms with Gasteiger partial charge in [-0.1, -0.05) is 0 Å². The van der Waals surface area contributed by atoms with Crippen molar-refractivity contribution in [1.29, 1.82) is 0 Å². The van der Waals surface area contributed by atoms with Crippen LogP contribution in [0.1, 0.15) is 12.5 Å². The third kappa shape index (κ3) is 2.91. The first-order chi connectivity index (χ1) is 8.35. The molecule has 0 amide bonds. The molecule has 1 aliphatic heterocycles. The molecule has 1 heterocycles. The van der Waals surface area contributed by atoms with Gasteiger partial charge < -0.3 is 10.1 Å². The van der Waals surface area contributed by atoms with Gasteiger partial charge in [-0.3, -0.25) is 4.99 Å². The highest BCUT2D eigenvalue weighted by Gasteiger charge is 2.31. The fraction of sp³-hybridized carbons (Fsp3) is 0.364. The predicted octanol–water partition coefficient (Wildman–Crippen LogP) is 2.46. The van der Waals surface area contributed by atoms with Gasteiger partial charge in [-0.2, -0.15) is 0 Å². The van der Waals surface area contributed by atoms with Crippen LogP contribution >= 0.6 is 0 Å². The smallest absolute Gasteiger partial charge is 0.406 e. The summed E-state index contributed by atoms with van der Waals surface area (Å²) in [6, 6.07) is 2.85. The van der Waals surface area contributed by atoms with Crippen molar-refractivity contribution in [3.63, 3.8) is 0 Å². The summed E-state index contributed by atoms with van der Waals surface area (Å²) in [4.78, 5) is 4.01. The van der Waals surface area contributed by atoms with Gasteiger partial charge in [0.1, 0.15) is 17.4 Å². The van der Waals surface area contributed by atoms with Crippen molar-refractivity contribution in [2.45, 2.75) is 19.3 Å². The Morgan fingerprint density at radius 2 is 2.11 bits per heavy atom. The second kappa shape index (κ2) is 4.47. The highest BCUT2D eigenvalue weighted by molar-refractivity contribution is 6.00. The molecule has 18 heavy (non-hydrogen) atoms. The van der Waals surface area contributed by atoms with E-state index in [-0.39, 0.29) is 17.4 Å². The Morgan fingerprint density at radius 1 is 1.39 bits per heavy atom. The van der Waals surface area contributed by atoms with Gasteiger partial charge in [-0.05, 0) is 25.1 Å². The number of alkyl halides is 3. The topological polar surface area (TPSA) is 33.6 Å². The molecule has 0 aromatic heterocycles. The molecular formula is C11H10F4N2O. The first kappa shape index (κ1) is 12.7. The second-order valence-electron chi connectivity index (χ2n) is 3.92. The van der Waals surface area contributed by atoms with Gasteiger partial charge >= 0.3 is 6.36 Å². The lowest BCUT2D eigenvalue weighted by molar-refractivity contribution is -0.274. The van der Waals surface area contributed by atoms with Crippen molar-refractivity contribution in [3.8, 4) is 5.75 Å². The normalized spacial score (nSPS) is 19.4. The fourth-order valence-corrected chi connectivity index (χ4v) is 1.60. The zero-order chi connectivity index (χ0) is 13.3. The fourth-order valence-electron chi connectivity index (χ4n) is 1.60. The van der Waals surface area contributed by atoms with Crippen LogP contribution in [-0.4, -0.2) is 24.8 Å². The standard InChI is InChI=1S/C11H10F4N2O/c1-6-5-16-10(17-6)8-4-7(2-3-9(8)12)18-11(13,14)15/h2-4,6H,5H2,1H3,(H,16,17). The average molecular weight is 262 g/mol. The Bertz CT molecular complexity index is 484. The molecule has 1 atom stereocenters. The monoisotopic (exact) mass is 262 g/mol. The van der Waals surface area contributed by atoms with Gasteiger partial charge in [0.15, 0.2) is 0 Å². The molecule has 1 unspecified atom stereocenters. The highest BCUT2D eigenvalue weighted by atomic mass is 19.4. The van der Waals surface area contributed by atoms with Crippen molar-refractivity contribution < 1.29 is 22.3 Å². The van der Waals surface area contributed by atoms with Crippen LogP contribution < -0.4 is 10.1 Å². The number of halogens is 4. The first-order valence-electron chi connectivity index (χ1n) is 5.22. The molecule has 0 saturated carbocycles. The number of hydrogen-bond donors (Lipinski definition) is 1. The Morgan fingerprint density at radius 3 is 2.67 bits per heavy atom. The molecule has 0 radical (unpaired) electrons. The number of nitrogens with one attached hydrogen (secondary N) is 1. The molecule has 1 aromatic rings. The zero-order valence-corrected chi connectivity index (χ0v) is 9.38. The van der Waals surface area contributed by atoms with Crippen LogP contribution in [0.3, 0.4) is 0 Å². The van der Waals surface area contributed by atoms with E-state index in [1.165, 1.54) is 0 Å². The van der Waals surface area contributed by atoms with Crippen LogP contribution in [-0.2, 0) is 0 Å². The molecule has 98 valence electrons. The van der Waals surface area contributed by atoms with Crippen LogP contribution in [0.5, 0.6) is 5.75 Å². The molecule has 1 N–H and O–H groups in total. The van der Waals surface area contributed by atoms with E-state index in [1.807, 2.05) is 6.92 Å². The average Bonchev–Trinajstić information content (AvgIpc) is 2.66. The van der Waals surface area contributed by atoms with Crippen LogP contribution in [0.15, 0.2) is 23.2 Å². The summed E-state index contributed by atoms with van der Waals surface area (Å²) in [6.07, 6.45) is -4.80. The van der Waals surface area contributed by atoms with E-state index < -0.39 is 17.9 Å². The number of amidine groups is 1. The van der Waals surface area contributed by atoms with E-state index in [2.05, 4.69) is 15.0 Å². The van der Waals surface area contributed by atoms with Crippen LogP contribution in [0.25, 0.3) is 0 Å². The second-order valence-corrected chi connectivity index (χ2v) is 3.92. The van der Waals surface area contributed by atoms with E-state index in [9.17, 15) is 17.6 Å². The summed E-state index contributed by atoms with van der Waals surface area (Å²) in [6.45, 7) is 2.30. The lowest BCUT2D eigenvalue weighted by Gasteiger charge is -2.11. The molecule has 0 spiro atoms. The maximum Gasteiger partial charge on any atom is 0.573 e. The highest BCUT2D eigenvalue weighted by Crippen LogP contribution is 2.25. The minimum Gasteiger partial charge on any atom is -0.406 e. The summed E-state index contributed by atoms with van der Waals surface area (Å²) in [5, 5.41) is 2.87. The molecule has 0 bridgehead atoms. The van der Waals surface area contributed by atoms with Crippen LogP contribution in [0.4, 0.5) is 17.6 Å². The lowest BCUT2D eigenvalue weighted by atomic mass is 10.2. The molecule has 0 saturated heterocycles. The summed E-state index contributed by atoms with van der Waals surface area (Å²) in [5.74, 6) is -0.875. The van der Waals surface area contributed by atoms with Crippen molar-refractivity contribution in [1.82, 2.24) is 5.32 Å². The molecule has 1 aromatic carbocycles. The Balaban J connectivity index is 2.28. The largest absolute Gasteiger partial charge is 0.573 e. The molecule has 0 fully saturated rings. The van der Waals surface area contributed by atoms with E-state index in [1.54, 1.807) is 0 Å². The van der Waals surface area contributed by atoms with Gasteiger partial charge in [0, 0.05) is 6.04 Å². The third-order valence-electron chi connectivity index (χ3n) is 2.33. The minimum absolute atomic E-state index is 0.0268. The van der Waals surface area contributed by atoms with E-state index in [0.717, 1.165) is 18.2 Å². The Kier molecular flexibility index (Phi) is 3.14. The number of benzene rings is 1. The first-order valence-corrected chi connectivity index (χ1v) is 5.22. The minimum atomic E-state index is -4.80. The van der Waals surface area contributed by atoms with Gasteiger partial charge in [0.2, 0.25) is 0 Å². The number of aliphatic imine (C=N–C) groups is 1. The Labute approximate surface area is 100 Å². The van der Waals surface area contributed by atoms with Crippen LogP contribution in [0.2, 0.25) is 0 Å². The molecule has 7 heteroatoms. The van der Waals surface area contributed by atoms with Gasteiger partial charge in [-0.15, -0.1) is 13.2 Å². The molecular weight excluding hydrogens is 252 g/mol. The zero-order valence-electron chi connectivity index (χ0n) is 9.38. The van der Waals surface area contributed by atoms with E-state index in [4.69, 9.17) is 0 Å². The molecule has 2 rings (SSSR count). The van der Waals surface area contributed by atoms with Crippen molar-refractivity contribution in [3.05, 3.63) is 29.6 Å². The quantitative estimate of drug-likeness (QED) is 0.831. The maximum absolute atomic E-state index is 13.5. The van der Waals surface area contributed by atoms with Crippen molar-refractivity contribution in [2.24, 2.45) is 4.99 Å². The summed E-state index contributed by atoms with van der Waals surface area (Å²) >= 11 is 0. The molecule has 1 aliphatic rings. The Hall–Kier alpha value is -1.79. The van der Waals surface area contributed by atoms with Gasteiger partial charge in [-0.25, -0.2) is 4.39 Å². The number of hydrogen-bond acceptors (Lipinski definition) is 3. The molecule has 0 aliphatic carbocycles. The van der Waals surface area contributed by atoms with E-state index in [0.29, 0.717) is 6.54 Å². The summed E-state index contributed by atoms with van der Waals surface area (Å²) in [5.41, 5.74) is -0.0268. The lowest BCUT2D eigenvalue weighted by Crippen LogP contribution is -2.28. The predicted molar refractivity (Wildman–Crippen MR) is 57.1 cm³/mol. The van der Waals surface area contributed by atoms with Gasteiger partial charge in [0.05, 0.1) is 12.1 Å². The number of ether oxygens (including phenoxy) is 1. The number of rotatable bonds is 2. The molecule has 3 nitrogen and oxygen atoms in total. The summed E-state index contributed by atoms with van der Waals surface area (Å²) in [7, 11) is 0. The van der Waals surface area contributed by atoms with Crippen molar-refractivity contribution in [2.75, 3.05) is 6.54 Å². The number of nitrogens with zero attached hydrogens (tertiary/aromatic N) is 1. The van der Waals surface area contributed by atoms with Crippen LogP contribution in [0, 0.1) is 5.82 Å².